The van der Waals surface area contributed by atoms with Crippen molar-refractivity contribution in [2.75, 3.05) is 7.11 Å². The van der Waals surface area contributed by atoms with Gasteiger partial charge < -0.3 is 9.84 Å². The number of allylic oxidation sites excluding steroid dienone is 4. The Morgan fingerprint density at radius 3 is 2.33 bits per heavy atom. The molecule has 104 valence electrons. The van der Waals surface area contributed by atoms with E-state index in [9.17, 15) is 4.79 Å². The molecule has 18 heavy (non-hydrogen) atoms. The fraction of sp³-hybridized carbons (Fsp3) is 0.667. The molecule has 3 nitrogen and oxygen atoms in total. The summed E-state index contributed by atoms with van der Waals surface area (Å²) in [6, 6.07) is 0. The zero-order valence-corrected chi connectivity index (χ0v) is 11.6. The maximum Gasteiger partial charge on any atom is 0.305 e. The van der Waals surface area contributed by atoms with E-state index in [1.807, 2.05) is 6.92 Å². The fourth-order valence-corrected chi connectivity index (χ4v) is 1.50. The lowest BCUT2D eigenvalue weighted by Gasteiger charge is -1.99. The van der Waals surface area contributed by atoms with Crippen LogP contribution in [-0.2, 0) is 9.53 Å². The van der Waals surface area contributed by atoms with Crippen LogP contribution in [0.5, 0.6) is 0 Å². The van der Waals surface area contributed by atoms with E-state index in [0.29, 0.717) is 6.42 Å². The molecule has 0 saturated heterocycles. The SMILES string of the molecule is COC(=O)CCCC=CCC=CCCCC(C)O. The first-order valence-corrected chi connectivity index (χ1v) is 6.71. The number of unbranched alkanes of at least 4 members (excludes halogenated alkanes) is 2. The second kappa shape index (κ2) is 12.4. The van der Waals surface area contributed by atoms with Gasteiger partial charge in [0.15, 0.2) is 0 Å². The molecule has 0 rings (SSSR count). The van der Waals surface area contributed by atoms with E-state index in [2.05, 4.69) is 29.0 Å². The normalized spacial score (nSPS) is 13.3. The zero-order valence-electron chi connectivity index (χ0n) is 11.6. The Morgan fingerprint density at radius 1 is 1.17 bits per heavy atom. The first-order chi connectivity index (χ1) is 8.66. The minimum absolute atomic E-state index is 0.138. The summed E-state index contributed by atoms with van der Waals surface area (Å²) in [5, 5.41) is 9.06. The Morgan fingerprint density at radius 2 is 1.78 bits per heavy atom. The van der Waals surface area contributed by atoms with Gasteiger partial charge in [-0.2, -0.15) is 0 Å². The van der Waals surface area contributed by atoms with Crippen molar-refractivity contribution in [3.8, 4) is 0 Å². The minimum Gasteiger partial charge on any atom is -0.469 e. The molecule has 0 fully saturated rings. The van der Waals surface area contributed by atoms with Gasteiger partial charge in [0.1, 0.15) is 0 Å². The standard InChI is InChI=1S/C15H26O3/c1-14(16)12-10-8-6-4-3-5-7-9-11-13-15(17)18-2/h4-7,14,16H,3,8-13H2,1-2H3. The highest BCUT2D eigenvalue weighted by atomic mass is 16.5. The number of carbonyl (C=O) groups excluding carboxylic acids is 1. The maximum atomic E-state index is 10.8. The van der Waals surface area contributed by atoms with Crippen LogP contribution in [0.15, 0.2) is 24.3 Å². The monoisotopic (exact) mass is 254 g/mol. The molecule has 0 aromatic carbocycles. The molecule has 0 saturated carbocycles. The van der Waals surface area contributed by atoms with Crippen molar-refractivity contribution in [2.24, 2.45) is 0 Å². The topological polar surface area (TPSA) is 46.5 Å². The van der Waals surface area contributed by atoms with Crippen molar-refractivity contribution in [1.29, 1.82) is 0 Å². The number of aliphatic hydroxyl groups excluding tert-OH is 1. The van der Waals surface area contributed by atoms with E-state index in [0.717, 1.165) is 38.5 Å². The Balaban J connectivity index is 3.31. The zero-order chi connectivity index (χ0) is 13.6. The van der Waals surface area contributed by atoms with Crippen LogP contribution in [0, 0.1) is 0 Å². The number of carbonyl (C=O) groups is 1. The Bertz CT molecular complexity index is 254. The van der Waals surface area contributed by atoms with Crippen LogP contribution in [0.1, 0.15) is 51.9 Å². The number of esters is 1. The minimum atomic E-state index is -0.187. The van der Waals surface area contributed by atoms with Crippen LogP contribution in [-0.4, -0.2) is 24.3 Å². The fourth-order valence-electron chi connectivity index (χ4n) is 1.50. The molecule has 0 aromatic heterocycles. The first-order valence-electron chi connectivity index (χ1n) is 6.71. The summed E-state index contributed by atoms with van der Waals surface area (Å²) in [6.07, 6.45) is 14.5. The van der Waals surface area contributed by atoms with Crippen molar-refractivity contribution < 1.29 is 14.6 Å². The number of ether oxygens (including phenoxy) is 1. The lowest BCUT2D eigenvalue weighted by Crippen LogP contribution is -1.98. The van der Waals surface area contributed by atoms with E-state index in [4.69, 9.17) is 5.11 Å². The van der Waals surface area contributed by atoms with Gasteiger partial charge in [-0.05, 0) is 45.4 Å². The largest absolute Gasteiger partial charge is 0.469 e. The number of rotatable bonds is 10. The van der Waals surface area contributed by atoms with Gasteiger partial charge in [0.05, 0.1) is 13.2 Å². The first kappa shape index (κ1) is 16.9. The molecular formula is C15H26O3. The highest BCUT2D eigenvalue weighted by Crippen LogP contribution is 2.02. The van der Waals surface area contributed by atoms with Crippen LogP contribution in [0.3, 0.4) is 0 Å². The van der Waals surface area contributed by atoms with Crippen LogP contribution < -0.4 is 0 Å². The van der Waals surface area contributed by atoms with Crippen LogP contribution in [0.25, 0.3) is 0 Å². The molecule has 0 aliphatic carbocycles. The quantitative estimate of drug-likeness (QED) is 0.369. The molecule has 1 atom stereocenters. The number of hydrogen-bond acceptors (Lipinski definition) is 3. The summed E-state index contributed by atoms with van der Waals surface area (Å²) in [5.74, 6) is -0.138. The van der Waals surface area contributed by atoms with Gasteiger partial charge in [-0.3, -0.25) is 4.79 Å². The summed E-state index contributed by atoms with van der Waals surface area (Å²) >= 11 is 0. The highest BCUT2D eigenvalue weighted by molar-refractivity contribution is 5.68. The van der Waals surface area contributed by atoms with Crippen molar-refractivity contribution in [2.45, 2.75) is 58.0 Å². The van der Waals surface area contributed by atoms with Gasteiger partial charge in [0.25, 0.3) is 0 Å². The molecule has 1 unspecified atom stereocenters. The molecule has 0 aliphatic rings. The van der Waals surface area contributed by atoms with Crippen molar-refractivity contribution in [3.05, 3.63) is 24.3 Å². The summed E-state index contributed by atoms with van der Waals surface area (Å²) < 4.78 is 4.56. The number of methoxy groups -OCH3 is 1. The van der Waals surface area contributed by atoms with Crippen LogP contribution in [0.4, 0.5) is 0 Å². The van der Waals surface area contributed by atoms with E-state index in [1.54, 1.807) is 0 Å². The predicted molar refractivity (Wildman–Crippen MR) is 74.3 cm³/mol. The molecule has 0 amide bonds. The maximum absolute atomic E-state index is 10.8. The summed E-state index contributed by atoms with van der Waals surface area (Å²) in [7, 11) is 1.42. The Kier molecular flexibility index (Phi) is 11.6. The van der Waals surface area contributed by atoms with E-state index in [-0.39, 0.29) is 12.1 Å². The molecule has 0 heterocycles. The van der Waals surface area contributed by atoms with Gasteiger partial charge in [-0.1, -0.05) is 24.3 Å². The van der Waals surface area contributed by atoms with E-state index >= 15 is 0 Å². The molecule has 3 heteroatoms. The van der Waals surface area contributed by atoms with E-state index in [1.165, 1.54) is 7.11 Å². The average molecular weight is 254 g/mol. The molecule has 0 aromatic rings. The summed E-state index contributed by atoms with van der Waals surface area (Å²) in [6.45, 7) is 1.82. The lowest BCUT2D eigenvalue weighted by molar-refractivity contribution is -0.140. The van der Waals surface area contributed by atoms with Gasteiger partial charge in [-0.15, -0.1) is 0 Å². The molecule has 0 spiro atoms. The van der Waals surface area contributed by atoms with Gasteiger partial charge >= 0.3 is 5.97 Å². The molecular weight excluding hydrogens is 228 g/mol. The van der Waals surface area contributed by atoms with E-state index < -0.39 is 0 Å². The second-order valence-corrected chi connectivity index (χ2v) is 4.43. The van der Waals surface area contributed by atoms with Crippen LogP contribution >= 0.6 is 0 Å². The Labute approximate surface area is 111 Å². The van der Waals surface area contributed by atoms with Crippen molar-refractivity contribution >= 4 is 5.97 Å². The highest BCUT2D eigenvalue weighted by Gasteiger charge is 1.96. The second-order valence-electron chi connectivity index (χ2n) is 4.43. The number of hydrogen-bond donors (Lipinski definition) is 1. The molecule has 0 bridgehead atoms. The summed E-state index contributed by atoms with van der Waals surface area (Å²) in [4.78, 5) is 10.8. The van der Waals surface area contributed by atoms with Gasteiger partial charge in [0.2, 0.25) is 0 Å². The lowest BCUT2D eigenvalue weighted by atomic mass is 10.1. The molecule has 0 aliphatic heterocycles. The third kappa shape index (κ3) is 13.0. The third-order valence-electron chi connectivity index (χ3n) is 2.58. The van der Waals surface area contributed by atoms with Crippen molar-refractivity contribution in [1.82, 2.24) is 0 Å². The van der Waals surface area contributed by atoms with Crippen molar-refractivity contribution in [3.63, 3.8) is 0 Å². The smallest absolute Gasteiger partial charge is 0.305 e. The third-order valence-corrected chi connectivity index (χ3v) is 2.58. The molecule has 0 radical (unpaired) electrons. The summed E-state index contributed by atoms with van der Waals surface area (Å²) in [5.41, 5.74) is 0. The van der Waals surface area contributed by atoms with Gasteiger partial charge in [0, 0.05) is 6.42 Å². The predicted octanol–water partition coefficient (Wildman–Crippen LogP) is 3.38. The Hall–Kier alpha value is -1.09. The van der Waals surface area contributed by atoms with Gasteiger partial charge in [-0.25, -0.2) is 0 Å². The average Bonchev–Trinajstić information content (AvgIpc) is 2.35. The molecule has 1 N–H and O–H groups in total. The van der Waals surface area contributed by atoms with Crippen LogP contribution in [0.2, 0.25) is 0 Å². The number of aliphatic hydroxyl groups is 1.